The monoisotopic (exact) mass is 341 g/mol. The van der Waals surface area contributed by atoms with Crippen molar-refractivity contribution in [3.05, 3.63) is 30.3 Å². The van der Waals surface area contributed by atoms with Gasteiger partial charge in [0.05, 0.1) is 6.04 Å². The summed E-state index contributed by atoms with van der Waals surface area (Å²) in [6.45, 7) is 4.48. The van der Waals surface area contributed by atoms with E-state index in [4.69, 9.17) is 4.52 Å². The van der Waals surface area contributed by atoms with Crippen molar-refractivity contribution >= 4 is 0 Å². The second-order valence-corrected chi connectivity index (χ2v) is 7.58. The molecule has 1 saturated heterocycles. The molecule has 6 heteroatoms. The number of nitrogens with zero attached hydrogens (tertiary/aromatic N) is 3. The molecule has 2 aromatic heterocycles. The molecule has 0 bridgehead atoms. The molecule has 2 N–H and O–H groups in total. The number of hydrogen-bond donors (Lipinski definition) is 2. The average molecular weight is 341 g/mol. The molecule has 6 nitrogen and oxygen atoms in total. The van der Waals surface area contributed by atoms with Crippen LogP contribution in [-0.2, 0) is 0 Å². The highest BCUT2D eigenvalue weighted by Crippen LogP contribution is 2.43. The first-order chi connectivity index (χ1) is 12.2. The molecule has 2 aromatic rings. The summed E-state index contributed by atoms with van der Waals surface area (Å²) >= 11 is 0. The molecule has 0 unspecified atom stereocenters. The van der Waals surface area contributed by atoms with Crippen molar-refractivity contribution in [2.24, 2.45) is 5.41 Å². The van der Waals surface area contributed by atoms with Crippen molar-refractivity contribution < 1.29 is 4.52 Å². The number of rotatable bonds is 4. The van der Waals surface area contributed by atoms with Crippen molar-refractivity contribution in [3.63, 3.8) is 0 Å². The van der Waals surface area contributed by atoms with Crippen LogP contribution in [0.25, 0.3) is 11.5 Å². The molecular weight excluding hydrogens is 314 g/mol. The Morgan fingerprint density at radius 1 is 1.20 bits per heavy atom. The van der Waals surface area contributed by atoms with Crippen LogP contribution in [0.15, 0.2) is 28.9 Å². The fourth-order valence-corrected chi connectivity index (χ4v) is 4.29. The largest absolute Gasteiger partial charge is 0.337 e. The summed E-state index contributed by atoms with van der Waals surface area (Å²) in [5.74, 6) is 1.20. The Bertz CT molecular complexity index is 670. The maximum Gasteiger partial charge on any atom is 0.243 e. The van der Waals surface area contributed by atoms with Gasteiger partial charge in [0.2, 0.25) is 11.7 Å². The van der Waals surface area contributed by atoms with Gasteiger partial charge in [0, 0.05) is 12.2 Å². The van der Waals surface area contributed by atoms with E-state index in [9.17, 15) is 0 Å². The molecule has 25 heavy (non-hydrogen) atoms. The zero-order valence-electron chi connectivity index (χ0n) is 14.9. The van der Waals surface area contributed by atoms with E-state index in [-0.39, 0.29) is 6.04 Å². The first kappa shape index (κ1) is 16.7. The highest BCUT2D eigenvalue weighted by molar-refractivity contribution is 5.47. The predicted octanol–water partition coefficient (Wildman–Crippen LogP) is 3.09. The molecule has 4 rings (SSSR count). The van der Waals surface area contributed by atoms with Gasteiger partial charge in [-0.2, -0.15) is 4.98 Å². The molecule has 1 atom stereocenters. The van der Waals surface area contributed by atoms with Crippen LogP contribution < -0.4 is 10.6 Å². The Kier molecular flexibility index (Phi) is 4.81. The first-order valence-corrected chi connectivity index (χ1v) is 9.46. The molecule has 1 aliphatic carbocycles. The van der Waals surface area contributed by atoms with E-state index in [1.807, 2.05) is 18.2 Å². The third-order valence-corrected chi connectivity index (χ3v) is 5.90. The van der Waals surface area contributed by atoms with Crippen LogP contribution in [0.2, 0.25) is 0 Å². The van der Waals surface area contributed by atoms with Crippen LogP contribution in [0.3, 0.4) is 0 Å². The fraction of sp³-hybridized carbons (Fsp3) is 0.632. The zero-order valence-corrected chi connectivity index (χ0v) is 14.9. The summed E-state index contributed by atoms with van der Waals surface area (Å²) in [4.78, 5) is 8.79. The summed E-state index contributed by atoms with van der Waals surface area (Å²) in [5.41, 5.74) is 1.35. The summed E-state index contributed by atoms with van der Waals surface area (Å²) in [5, 5.41) is 11.3. The number of piperidine rings is 1. The van der Waals surface area contributed by atoms with E-state index in [2.05, 4.69) is 32.7 Å². The normalized spacial score (nSPS) is 22.1. The Hall–Kier alpha value is -1.79. The lowest BCUT2D eigenvalue weighted by Gasteiger charge is -2.43. The van der Waals surface area contributed by atoms with Crippen LogP contribution in [-0.4, -0.2) is 34.3 Å². The van der Waals surface area contributed by atoms with Crippen molar-refractivity contribution in [1.82, 2.24) is 25.8 Å². The predicted molar refractivity (Wildman–Crippen MR) is 95.9 cm³/mol. The summed E-state index contributed by atoms with van der Waals surface area (Å²) in [6.07, 6.45) is 9.58. The van der Waals surface area contributed by atoms with E-state index < -0.39 is 0 Å². The molecule has 0 amide bonds. The van der Waals surface area contributed by atoms with Gasteiger partial charge < -0.3 is 15.2 Å². The second kappa shape index (κ2) is 7.22. The lowest BCUT2D eigenvalue weighted by Crippen LogP contribution is -2.43. The van der Waals surface area contributed by atoms with Gasteiger partial charge >= 0.3 is 0 Å². The van der Waals surface area contributed by atoms with Gasteiger partial charge in [-0.05, 0) is 76.1 Å². The summed E-state index contributed by atoms with van der Waals surface area (Å²) in [7, 11) is 0. The third-order valence-electron chi connectivity index (χ3n) is 5.90. The molecule has 2 aliphatic rings. The van der Waals surface area contributed by atoms with Gasteiger partial charge in [-0.25, -0.2) is 0 Å². The van der Waals surface area contributed by atoms with Crippen LogP contribution in [0.4, 0.5) is 0 Å². The minimum Gasteiger partial charge on any atom is -0.337 e. The van der Waals surface area contributed by atoms with E-state index in [0.717, 1.165) is 5.69 Å². The Morgan fingerprint density at radius 2 is 2.00 bits per heavy atom. The molecular formula is C19H27N5O. The van der Waals surface area contributed by atoms with Crippen molar-refractivity contribution in [3.8, 4) is 11.5 Å². The highest BCUT2D eigenvalue weighted by Gasteiger charge is 2.36. The number of hydrogen-bond acceptors (Lipinski definition) is 6. The topological polar surface area (TPSA) is 75.9 Å². The van der Waals surface area contributed by atoms with Crippen LogP contribution >= 0.6 is 0 Å². The average Bonchev–Trinajstić information content (AvgIpc) is 3.16. The molecule has 1 saturated carbocycles. The SMILES string of the molecule is C[C@H](NC1CCC2(CCNCC2)CC1)c1nc(-c2ccccn2)no1. The summed E-state index contributed by atoms with van der Waals surface area (Å²) < 4.78 is 5.46. The van der Waals surface area contributed by atoms with Crippen LogP contribution in [0.1, 0.15) is 57.4 Å². The smallest absolute Gasteiger partial charge is 0.243 e. The lowest BCUT2D eigenvalue weighted by molar-refractivity contribution is 0.111. The standard InChI is InChI=1S/C19H27N5O/c1-14(18-23-17(24-25-18)16-4-2-3-11-21-16)22-15-5-7-19(8-6-15)9-12-20-13-10-19/h2-4,11,14-15,20,22H,5-10,12-13H2,1H3/t14-/m0/s1. The van der Waals surface area contributed by atoms with Crippen molar-refractivity contribution in [1.29, 1.82) is 0 Å². The Morgan fingerprint density at radius 3 is 2.72 bits per heavy atom. The molecule has 134 valence electrons. The second-order valence-electron chi connectivity index (χ2n) is 7.58. The minimum atomic E-state index is 0.0667. The van der Waals surface area contributed by atoms with Crippen molar-refractivity contribution in [2.45, 2.75) is 57.5 Å². The third kappa shape index (κ3) is 3.75. The maximum atomic E-state index is 5.46. The lowest BCUT2D eigenvalue weighted by atomic mass is 9.67. The molecule has 1 aliphatic heterocycles. The number of nitrogens with one attached hydrogen (secondary N) is 2. The maximum absolute atomic E-state index is 5.46. The van der Waals surface area contributed by atoms with Gasteiger partial charge in [-0.1, -0.05) is 11.2 Å². The van der Waals surface area contributed by atoms with Crippen molar-refractivity contribution in [2.75, 3.05) is 13.1 Å². The van der Waals surface area contributed by atoms with E-state index >= 15 is 0 Å². The quantitative estimate of drug-likeness (QED) is 0.890. The molecule has 1 spiro atoms. The van der Waals surface area contributed by atoms with Crippen LogP contribution in [0, 0.1) is 5.41 Å². The van der Waals surface area contributed by atoms with E-state index in [1.54, 1.807) is 6.20 Å². The Labute approximate surface area is 148 Å². The molecule has 0 aromatic carbocycles. The van der Waals surface area contributed by atoms with Gasteiger partial charge in [0.15, 0.2) is 0 Å². The Balaban J connectivity index is 1.34. The fourth-order valence-electron chi connectivity index (χ4n) is 4.29. The summed E-state index contributed by atoms with van der Waals surface area (Å²) in [6, 6.07) is 6.32. The van der Waals surface area contributed by atoms with Gasteiger partial charge in [-0.3, -0.25) is 4.98 Å². The van der Waals surface area contributed by atoms with E-state index in [0.29, 0.717) is 23.2 Å². The first-order valence-electron chi connectivity index (χ1n) is 9.46. The van der Waals surface area contributed by atoms with Crippen LogP contribution in [0.5, 0.6) is 0 Å². The molecule has 3 heterocycles. The van der Waals surface area contributed by atoms with E-state index in [1.165, 1.54) is 51.6 Å². The molecule has 0 radical (unpaired) electrons. The van der Waals surface area contributed by atoms with Gasteiger partial charge in [-0.15, -0.1) is 0 Å². The minimum absolute atomic E-state index is 0.0667. The molecule has 2 fully saturated rings. The number of pyridine rings is 1. The highest BCUT2D eigenvalue weighted by atomic mass is 16.5. The van der Waals surface area contributed by atoms with Gasteiger partial charge in [0.1, 0.15) is 5.69 Å². The van der Waals surface area contributed by atoms with Gasteiger partial charge in [0.25, 0.3) is 0 Å². The zero-order chi connectivity index (χ0) is 17.1. The number of aromatic nitrogens is 3.